The van der Waals surface area contributed by atoms with Gasteiger partial charge in [-0.15, -0.1) is 0 Å². The summed E-state index contributed by atoms with van der Waals surface area (Å²) in [4.78, 5) is 26.1. The Morgan fingerprint density at radius 2 is 1.81 bits per heavy atom. The first-order valence-electron chi connectivity index (χ1n) is 8.60. The largest absolute Gasteiger partial charge is 0.389 e. The molecule has 3 amide bonds. The Balaban J connectivity index is 1.56. The molecule has 0 bridgehead atoms. The summed E-state index contributed by atoms with van der Waals surface area (Å²) in [6.45, 7) is 1.83. The van der Waals surface area contributed by atoms with E-state index in [0.29, 0.717) is 17.2 Å². The van der Waals surface area contributed by atoms with Crippen LogP contribution in [-0.4, -0.2) is 41.2 Å². The molecule has 1 aliphatic rings. The van der Waals surface area contributed by atoms with Crippen LogP contribution in [0.4, 0.5) is 4.79 Å². The lowest BCUT2D eigenvalue weighted by Gasteiger charge is -2.23. The van der Waals surface area contributed by atoms with Gasteiger partial charge < -0.3 is 15.2 Å². The summed E-state index contributed by atoms with van der Waals surface area (Å²) in [6.07, 6.45) is -0.981. The van der Waals surface area contributed by atoms with Crippen LogP contribution in [0.2, 0.25) is 5.02 Å². The summed E-state index contributed by atoms with van der Waals surface area (Å²) in [5.41, 5.74) is 0.472. The smallest absolute Gasteiger partial charge is 0.325 e. The Bertz CT molecular complexity index is 812. The van der Waals surface area contributed by atoms with Crippen LogP contribution in [0.3, 0.4) is 0 Å². The number of amides is 3. The van der Waals surface area contributed by atoms with E-state index in [2.05, 4.69) is 5.32 Å². The standard InChI is InChI=1S/C20H21ClN2O4/c1-20(15-5-3-2-4-6-15)18(25)23(19(26)22-20)11-17(24)13-27-12-14-7-9-16(21)10-8-14/h2-10,17,24H,11-13H2,1H3,(H,22,26). The molecule has 2 unspecified atom stereocenters. The van der Waals surface area contributed by atoms with Gasteiger partial charge in [0.05, 0.1) is 25.9 Å². The van der Waals surface area contributed by atoms with Gasteiger partial charge in [-0.2, -0.15) is 0 Å². The van der Waals surface area contributed by atoms with Crippen LogP contribution in [0.25, 0.3) is 0 Å². The molecule has 2 aromatic carbocycles. The number of urea groups is 1. The van der Waals surface area contributed by atoms with E-state index >= 15 is 0 Å². The minimum atomic E-state index is -1.14. The van der Waals surface area contributed by atoms with Gasteiger partial charge in [0, 0.05) is 5.02 Å². The SMILES string of the molecule is CC1(c2ccccc2)NC(=O)N(CC(O)COCc2ccc(Cl)cc2)C1=O. The van der Waals surface area contributed by atoms with E-state index in [1.54, 1.807) is 31.2 Å². The second-order valence-corrected chi connectivity index (χ2v) is 7.07. The van der Waals surface area contributed by atoms with Crippen LogP contribution < -0.4 is 5.32 Å². The Hall–Kier alpha value is -2.41. The fourth-order valence-corrected chi connectivity index (χ4v) is 3.11. The number of carbonyl (C=O) groups is 2. The minimum Gasteiger partial charge on any atom is -0.389 e. The van der Waals surface area contributed by atoms with E-state index in [-0.39, 0.29) is 13.2 Å². The van der Waals surface area contributed by atoms with Gasteiger partial charge in [-0.3, -0.25) is 9.69 Å². The zero-order valence-electron chi connectivity index (χ0n) is 14.9. The second-order valence-electron chi connectivity index (χ2n) is 6.63. The Morgan fingerprint density at radius 3 is 2.48 bits per heavy atom. The summed E-state index contributed by atoms with van der Waals surface area (Å²) in [6, 6.07) is 15.7. The molecular formula is C20H21ClN2O4. The number of ether oxygens (including phenoxy) is 1. The average Bonchev–Trinajstić information content (AvgIpc) is 2.88. The van der Waals surface area contributed by atoms with Gasteiger partial charge in [0.1, 0.15) is 5.54 Å². The highest BCUT2D eigenvalue weighted by atomic mass is 35.5. The van der Waals surface area contributed by atoms with Gasteiger partial charge in [-0.25, -0.2) is 4.79 Å². The third-order valence-electron chi connectivity index (χ3n) is 4.51. The Morgan fingerprint density at radius 1 is 1.15 bits per heavy atom. The lowest BCUT2D eigenvalue weighted by Crippen LogP contribution is -2.42. The summed E-state index contributed by atoms with van der Waals surface area (Å²) in [7, 11) is 0. The van der Waals surface area contributed by atoms with Crippen molar-refractivity contribution < 1.29 is 19.4 Å². The maximum Gasteiger partial charge on any atom is 0.325 e. The first-order valence-corrected chi connectivity index (χ1v) is 8.98. The van der Waals surface area contributed by atoms with Crippen molar-refractivity contribution >= 4 is 23.5 Å². The molecule has 142 valence electrons. The summed E-state index contributed by atoms with van der Waals surface area (Å²) < 4.78 is 5.48. The lowest BCUT2D eigenvalue weighted by molar-refractivity contribution is -0.132. The molecule has 1 aliphatic heterocycles. The van der Waals surface area contributed by atoms with Crippen LogP contribution in [0.15, 0.2) is 54.6 Å². The quantitative estimate of drug-likeness (QED) is 0.715. The van der Waals surface area contributed by atoms with E-state index in [1.165, 1.54) is 0 Å². The first-order chi connectivity index (χ1) is 12.9. The molecule has 6 nitrogen and oxygen atoms in total. The van der Waals surface area contributed by atoms with Crippen molar-refractivity contribution in [3.8, 4) is 0 Å². The molecule has 2 aromatic rings. The Labute approximate surface area is 162 Å². The second kappa shape index (κ2) is 8.08. The average molecular weight is 389 g/mol. The van der Waals surface area contributed by atoms with Gasteiger partial charge in [0.2, 0.25) is 0 Å². The van der Waals surface area contributed by atoms with Crippen molar-refractivity contribution in [2.45, 2.75) is 25.2 Å². The number of rotatable bonds is 7. The summed E-state index contributed by atoms with van der Waals surface area (Å²) in [5, 5.41) is 13.5. The molecule has 27 heavy (non-hydrogen) atoms. The number of nitrogens with zero attached hydrogens (tertiary/aromatic N) is 1. The zero-order chi connectivity index (χ0) is 19.4. The zero-order valence-corrected chi connectivity index (χ0v) is 15.6. The molecule has 1 fully saturated rings. The molecule has 0 aliphatic carbocycles. The lowest BCUT2D eigenvalue weighted by atomic mass is 9.92. The van der Waals surface area contributed by atoms with Gasteiger partial charge in [-0.05, 0) is 30.2 Å². The molecule has 7 heteroatoms. The van der Waals surface area contributed by atoms with Gasteiger partial charge >= 0.3 is 6.03 Å². The van der Waals surface area contributed by atoms with Crippen molar-refractivity contribution in [1.82, 2.24) is 10.2 Å². The monoisotopic (exact) mass is 388 g/mol. The van der Waals surface area contributed by atoms with E-state index in [0.717, 1.165) is 10.5 Å². The van der Waals surface area contributed by atoms with Crippen molar-refractivity contribution in [2.24, 2.45) is 0 Å². The third kappa shape index (κ3) is 4.30. The van der Waals surface area contributed by atoms with Gasteiger partial charge in [0.25, 0.3) is 5.91 Å². The van der Waals surface area contributed by atoms with Gasteiger partial charge in [0.15, 0.2) is 0 Å². The van der Waals surface area contributed by atoms with Crippen molar-refractivity contribution in [2.75, 3.05) is 13.2 Å². The number of imide groups is 1. The first kappa shape index (κ1) is 19.4. The third-order valence-corrected chi connectivity index (χ3v) is 4.76. The summed E-state index contributed by atoms with van der Waals surface area (Å²) in [5.74, 6) is -0.393. The van der Waals surface area contributed by atoms with Crippen LogP contribution >= 0.6 is 11.6 Å². The summed E-state index contributed by atoms with van der Waals surface area (Å²) >= 11 is 5.83. The van der Waals surface area contributed by atoms with Crippen molar-refractivity contribution in [3.05, 3.63) is 70.7 Å². The maximum absolute atomic E-state index is 12.8. The van der Waals surface area contributed by atoms with Crippen molar-refractivity contribution in [1.29, 1.82) is 0 Å². The van der Waals surface area contributed by atoms with Gasteiger partial charge in [-0.1, -0.05) is 54.1 Å². The number of nitrogens with one attached hydrogen (secondary N) is 1. The van der Waals surface area contributed by atoms with E-state index in [1.807, 2.05) is 30.3 Å². The number of aliphatic hydroxyl groups is 1. The topological polar surface area (TPSA) is 78.9 Å². The molecule has 2 atom stereocenters. The number of hydrogen-bond acceptors (Lipinski definition) is 4. The number of aliphatic hydroxyl groups excluding tert-OH is 1. The molecule has 0 radical (unpaired) electrons. The minimum absolute atomic E-state index is 0.00172. The van der Waals surface area contributed by atoms with Crippen LogP contribution in [0.5, 0.6) is 0 Å². The highest BCUT2D eigenvalue weighted by molar-refractivity contribution is 6.30. The van der Waals surface area contributed by atoms with E-state index in [4.69, 9.17) is 16.3 Å². The number of benzene rings is 2. The fraction of sp³-hybridized carbons (Fsp3) is 0.300. The highest BCUT2D eigenvalue weighted by Crippen LogP contribution is 2.28. The molecule has 0 spiro atoms. The van der Waals surface area contributed by atoms with Crippen LogP contribution in [-0.2, 0) is 21.7 Å². The molecule has 1 saturated heterocycles. The number of halogens is 1. The number of β-amino-alcohol motifs (C(OH)–C–C–N with tert-alkyl or cyclic N) is 1. The number of hydrogen-bond donors (Lipinski definition) is 2. The molecule has 0 aromatic heterocycles. The fourth-order valence-electron chi connectivity index (χ4n) is 2.99. The molecule has 2 N–H and O–H groups in total. The van der Waals surface area contributed by atoms with Crippen molar-refractivity contribution in [3.63, 3.8) is 0 Å². The Kier molecular flexibility index (Phi) is 5.79. The molecule has 0 saturated carbocycles. The predicted octanol–water partition coefficient (Wildman–Crippen LogP) is 2.68. The van der Waals surface area contributed by atoms with E-state index in [9.17, 15) is 14.7 Å². The molecular weight excluding hydrogens is 368 g/mol. The van der Waals surface area contributed by atoms with Crippen LogP contribution in [0.1, 0.15) is 18.1 Å². The van der Waals surface area contributed by atoms with E-state index < -0.39 is 23.6 Å². The number of carbonyl (C=O) groups excluding carboxylic acids is 2. The maximum atomic E-state index is 12.8. The van der Waals surface area contributed by atoms with Crippen LogP contribution in [0, 0.1) is 0 Å². The predicted molar refractivity (Wildman–Crippen MR) is 101 cm³/mol. The highest BCUT2D eigenvalue weighted by Gasteiger charge is 2.49. The molecule has 1 heterocycles. The molecule has 3 rings (SSSR count). The normalized spacial score (nSPS) is 20.6.